The van der Waals surface area contributed by atoms with Crippen LogP contribution in [-0.4, -0.2) is 46.9 Å². The lowest BCUT2D eigenvalue weighted by molar-refractivity contribution is 0.000119. The van der Waals surface area contributed by atoms with E-state index in [2.05, 4.69) is 30.1 Å². The number of fused-ring (bicyclic) bond motifs is 2. The third kappa shape index (κ3) is 3.64. The highest BCUT2D eigenvalue weighted by Gasteiger charge is 2.65. The van der Waals surface area contributed by atoms with Gasteiger partial charge in [-0.25, -0.2) is 8.42 Å². The molecule has 8 nitrogen and oxygen atoms in total. The van der Waals surface area contributed by atoms with Crippen molar-refractivity contribution in [1.82, 2.24) is 20.1 Å². The molecule has 2 aliphatic heterocycles. The van der Waals surface area contributed by atoms with E-state index in [1.807, 2.05) is 29.3 Å². The number of carbonyl (C=O) groups excluding carboxylic acids is 1. The van der Waals surface area contributed by atoms with Crippen LogP contribution in [0.15, 0.2) is 47.3 Å². The first-order valence-electron chi connectivity index (χ1n) is 13.8. The largest absolute Gasteiger partial charge is 0.365 e. The predicted octanol–water partition coefficient (Wildman–Crippen LogP) is 4.51. The number of pyridine rings is 1. The van der Waals surface area contributed by atoms with Gasteiger partial charge in [0.15, 0.2) is 9.84 Å². The van der Waals surface area contributed by atoms with Crippen molar-refractivity contribution in [2.45, 2.75) is 81.6 Å². The summed E-state index contributed by atoms with van der Waals surface area (Å²) in [6, 6.07) is 10.2. The number of carbonyl (C=O) groups is 1. The van der Waals surface area contributed by atoms with E-state index >= 15 is 0 Å². The Hall–Kier alpha value is -3.38. The number of benzene rings is 1. The van der Waals surface area contributed by atoms with Crippen molar-refractivity contribution < 1.29 is 13.2 Å². The molecule has 1 N–H and O–H groups in total. The number of allylic oxidation sites excluding steroid dienone is 1. The van der Waals surface area contributed by atoms with Gasteiger partial charge in [0.1, 0.15) is 6.17 Å². The molecule has 39 heavy (non-hydrogen) atoms. The molecule has 4 fully saturated rings. The van der Waals surface area contributed by atoms with E-state index in [4.69, 9.17) is 4.98 Å². The van der Waals surface area contributed by atoms with E-state index in [1.54, 1.807) is 12.3 Å². The zero-order valence-corrected chi connectivity index (χ0v) is 23.4. The second-order valence-corrected chi connectivity index (χ2v) is 14.4. The Morgan fingerprint density at radius 3 is 2.62 bits per heavy atom. The van der Waals surface area contributed by atoms with Crippen LogP contribution in [0.2, 0.25) is 0 Å². The van der Waals surface area contributed by atoms with E-state index in [0.29, 0.717) is 18.0 Å². The topological polar surface area (TPSA) is 106 Å². The normalized spacial score (nSPS) is 29.9. The maximum atomic E-state index is 13.4. The number of sulfone groups is 1. The van der Waals surface area contributed by atoms with E-state index < -0.39 is 9.84 Å². The van der Waals surface area contributed by atoms with E-state index in [9.17, 15) is 18.5 Å². The molecule has 4 aliphatic carbocycles. The predicted molar refractivity (Wildman–Crippen MR) is 146 cm³/mol. The van der Waals surface area contributed by atoms with Crippen LogP contribution in [0.4, 0.5) is 0 Å². The lowest BCUT2D eigenvalue weighted by Gasteiger charge is -2.52. The van der Waals surface area contributed by atoms with Gasteiger partial charge in [0, 0.05) is 42.5 Å². The quantitative estimate of drug-likeness (QED) is 0.571. The number of aromatic nitrogens is 1. The zero-order valence-electron chi connectivity index (χ0n) is 22.6. The Kier molecular flexibility index (Phi) is 5.10. The molecule has 1 amide bonds. The third-order valence-electron chi connectivity index (χ3n) is 9.83. The highest BCUT2D eigenvalue weighted by Crippen LogP contribution is 2.65. The molecule has 0 radical (unpaired) electrons. The van der Waals surface area contributed by atoms with Crippen LogP contribution in [0.5, 0.6) is 0 Å². The molecule has 4 saturated carbocycles. The van der Waals surface area contributed by atoms with Crippen molar-refractivity contribution in [2.75, 3.05) is 6.26 Å². The van der Waals surface area contributed by atoms with Crippen molar-refractivity contribution >= 4 is 15.7 Å². The van der Waals surface area contributed by atoms with Crippen LogP contribution in [0.1, 0.15) is 80.2 Å². The molecular formula is C30H33N5O3S. The summed E-state index contributed by atoms with van der Waals surface area (Å²) in [4.78, 5) is 22.5. The molecule has 6 aliphatic rings. The number of rotatable bonds is 6. The van der Waals surface area contributed by atoms with Crippen LogP contribution < -0.4 is 5.32 Å². The summed E-state index contributed by atoms with van der Waals surface area (Å²) >= 11 is 0. The highest BCUT2D eigenvalue weighted by atomic mass is 32.2. The van der Waals surface area contributed by atoms with Gasteiger partial charge in [-0.05, 0) is 99.2 Å². The first kappa shape index (κ1) is 24.6. The van der Waals surface area contributed by atoms with Gasteiger partial charge in [-0.2, -0.15) is 5.26 Å². The summed E-state index contributed by atoms with van der Waals surface area (Å²) in [5.74, 6) is 0.323. The molecule has 1 aromatic heterocycles. The smallest absolute Gasteiger partial charge is 0.256 e. The fourth-order valence-corrected chi connectivity index (χ4v) is 8.64. The average molecular weight is 544 g/mol. The van der Waals surface area contributed by atoms with E-state index in [0.717, 1.165) is 66.6 Å². The molecule has 3 heterocycles. The van der Waals surface area contributed by atoms with Gasteiger partial charge < -0.3 is 15.1 Å². The minimum absolute atomic E-state index is 0.0265. The van der Waals surface area contributed by atoms with Gasteiger partial charge in [0.25, 0.3) is 5.91 Å². The minimum atomic E-state index is -3.63. The Morgan fingerprint density at radius 2 is 1.95 bits per heavy atom. The summed E-state index contributed by atoms with van der Waals surface area (Å²) in [6.07, 6.45) is 10.7. The molecule has 2 aromatic rings. The summed E-state index contributed by atoms with van der Waals surface area (Å²) in [7, 11) is -3.63. The first-order valence-corrected chi connectivity index (χ1v) is 15.7. The number of nitrogens with zero attached hydrogens (tertiary/aromatic N) is 4. The molecule has 2 bridgehead atoms. The van der Waals surface area contributed by atoms with E-state index in [1.165, 1.54) is 6.26 Å². The standard InChI is InChI=1S/C30H33N5O3S/c1-18-13-33-27(35(18)30-8-7-29(15-30,16-30)17-31)24-11-21(6-9-32-24)22-10-23-14-34(19(2)20-4-5-20)28(36)26(23)25(12-22)39(3,37)38/h6,9-13,19-20,27,33H,4-5,7-8,14-16H2,1-3H3. The van der Waals surface area contributed by atoms with Gasteiger partial charge in [0.05, 0.1) is 27.6 Å². The van der Waals surface area contributed by atoms with Gasteiger partial charge in [-0.1, -0.05) is 0 Å². The van der Waals surface area contributed by atoms with Gasteiger partial charge >= 0.3 is 0 Å². The monoisotopic (exact) mass is 543 g/mol. The molecule has 1 aromatic carbocycles. The van der Waals surface area contributed by atoms with Crippen LogP contribution in [0.3, 0.4) is 0 Å². The fourth-order valence-electron chi connectivity index (χ4n) is 7.71. The molecule has 2 unspecified atom stereocenters. The molecule has 0 spiro atoms. The van der Waals surface area contributed by atoms with Crippen molar-refractivity contribution in [3.63, 3.8) is 0 Å². The maximum Gasteiger partial charge on any atom is 0.256 e. The lowest BCUT2D eigenvalue weighted by Crippen LogP contribution is -2.55. The minimum Gasteiger partial charge on any atom is -0.365 e. The maximum absolute atomic E-state index is 13.4. The molecular weight excluding hydrogens is 510 g/mol. The second kappa shape index (κ2) is 8.07. The number of nitrogens with one attached hydrogen (secondary N) is 1. The van der Waals surface area contributed by atoms with Crippen LogP contribution in [0, 0.1) is 22.7 Å². The fraction of sp³-hybridized carbons (Fsp3) is 0.500. The van der Waals surface area contributed by atoms with Crippen LogP contribution in [-0.2, 0) is 16.4 Å². The van der Waals surface area contributed by atoms with Crippen molar-refractivity contribution in [3.05, 3.63) is 59.2 Å². The molecule has 0 saturated heterocycles. The van der Waals surface area contributed by atoms with Crippen molar-refractivity contribution in [1.29, 1.82) is 5.26 Å². The number of nitriles is 1. The number of hydrogen-bond acceptors (Lipinski definition) is 7. The van der Waals surface area contributed by atoms with Gasteiger partial charge in [0.2, 0.25) is 0 Å². The Morgan fingerprint density at radius 1 is 1.18 bits per heavy atom. The molecule has 9 heteroatoms. The van der Waals surface area contributed by atoms with Crippen LogP contribution in [0.25, 0.3) is 11.1 Å². The summed E-state index contributed by atoms with van der Waals surface area (Å²) in [5, 5.41) is 13.2. The summed E-state index contributed by atoms with van der Waals surface area (Å²) in [5.41, 5.74) is 4.51. The SMILES string of the molecule is CC1=CNC(c2cc(-c3cc4c(c(S(C)(=O)=O)c3)C(=O)N(C(C)C3CC3)C4)ccn2)N1C12CCC(C#N)(C1)C2. The zero-order chi connectivity index (χ0) is 27.3. The number of amides is 1. The molecule has 202 valence electrons. The number of hydrogen-bond donors (Lipinski definition) is 1. The Balaban J connectivity index is 1.25. The molecule has 2 atom stereocenters. The van der Waals surface area contributed by atoms with E-state index in [-0.39, 0.29) is 34.0 Å². The van der Waals surface area contributed by atoms with Gasteiger partial charge in [-0.3, -0.25) is 9.78 Å². The lowest BCUT2D eigenvalue weighted by atomic mass is 9.65. The van der Waals surface area contributed by atoms with Crippen LogP contribution >= 0.6 is 0 Å². The van der Waals surface area contributed by atoms with Gasteiger partial charge in [-0.15, -0.1) is 0 Å². The second-order valence-electron chi connectivity index (χ2n) is 12.5. The summed E-state index contributed by atoms with van der Waals surface area (Å²) in [6.45, 7) is 4.60. The third-order valence-corrected chi connectivity index (χ3v) is 11.0. The highest BCUT2D eigenvalue weighted by molar-refractivity contribution is 7.90. The molecule has 8 rings (SSSR count). The average Bonchev–Trinajstić information content (AvgIpc) is 3.25. The summed E-state index contributed by atoms with van der Waals surface area (Å²) < 4.78 is 25.8. The Labute approximate surface area is 229 Å². The van der Waals surface area contributed by atoms with Crippen molar-refractivity contribution in [2.24, 2.45) is 11.3 Å². The Bertz CT molecular complexity index is 1600. The first-order chi connectivity index (χ1) is 18.5. The van der Waals surface area contributed by atoms with Crippen molar-refractivity contribution in [3.8, 4) is 17.2 Å².